The van der Waals surface area contributed by atoms with E-state index in [0.29, 0.717) is 4.88 Å². The molecule has 0 radical (unpaired) electrons. The smallest absolute Gasteiger partial charge is 0.287 e. The third-order valence-corrected chi connectivity index (χ3v) is 5.33. The van der Waals surface area contributed by atoms with Crippen molar-refractivity contribution in [3.8, 4) is 10.4 Å². The summed E-state index contributed by atoms with van der Waals surface area (Å²) in [4.78, 5) is 37.2. The highest BCUT2D eigenvalue weighted by molar-refractivity contribution is 7.10. The van der Waals surface area contributed by atoms with Crippen LogP contribution in [0.5, 0.6) is 0 Å². The number of ketones is 1. The summed E-state index contributed by atoms with van der Waals surface area (Å²) < 4.78 is 4.05. The van der Waals surface area contributed by atoms with Crippen LogP contribution < -0.4 is 11.1 Å². The van der Waals surface area contributed by atoms with Gasteiger partial charge in [-0.1, -0.05) is 72.3 Å². The summed E-state index contributed by atoms with van der Waals surface area (Å²) in [5.41, 5.74) is 6.87. The average molecular weight is 414 g/mol. The van der Waals surface area contributed by atoms with Crippen LogP contribution in [0, 0.1) is 0 Å². The maximum Gasteiger partial charge on any atom is 0.287 e. The third kappa shape index (κ3) is 4.44. The molecule has 1 atom stereocenters. The molecule has 0 saturated heterocycles. The van der Waals surface area contributed by atoms with Crippen LogP contribution in [0.4, 0.5) is 0 Å². The second-order valence-electron chi connectivity index (χ2n) is 5.99. The predicted molar refractivity (Wildman–Crippen MR) is 108 cm³/mol. The van der Waals surface area contributed by atoms with Crippen LogP contribution in [0.3, 0.4) is 0 Å². The maximum absolute atomic E-state index is 12.9. The zero-order chi connectivity index (χ0) is 20.1. The van der Waals surface area contributed by atoms with E-state index in [0.717, 1.165) is 22.7 Å². The van der Waals surface area contributed by atoms with Gasteiger partial charge in [-0.15, -0.1) is 0 Å². The van der Waals surface area contributed by atoms with Gasteiger partial charge < -0.3 is 11.1 Å². The lowest BCUT2D eigenvalue weighted by atomic mass is 10.0. The SMILES string of the molecule is NC(=O)C(=O)[C@H](Cc1ccccc1)NC(=O)c1c(Cl)nsc1-c1ccccc1. The van der Waals surface area contributed by atoms with Gasteiger partial charge in [-0.3, -0.25) is 14.4 Å². The number of benzene rings is 2. The van der Waals surface area contributed by atoms with Crippen molar-refractivity contribution in [3.05, 3.63) is 76.9 Å². The van der Waals surface area contributed by atoms with E-state index in [4.69, 9.17) is 17.3 Å². The second kappa shape index (κ2) is 8.77. The number of halogens is 1. The van der Waals surface area contributed by atoms with Gasteiger partial charge in [0.1, 0.15) is 6.04 Å². The van der Waals surface area contributed by atoms with E-state index in [1.165, 1.54) is 0 Å². The van der Waals surface area contributed by atoms with Crippen LogP contribution in [0.2, 0.25) is 5.15 Å². The zero-order valence-electron chi connectivity index (χ0n) is 14.6. The summed E-state index contributed by atoms with van der Waals surface area (Å²) >= 11 is 7.22. The molecule has 1 aromatic heterocycles. The minimum Gasteiger partial charge on any atom is -0.363 e. The minimum absolute atomic E-state index is 0.0336. The van der Waals surface area contributed by atoms with Crippen LogP contribution in [-0.2, 0) is 16.0 Å². The number of aromatic nitrogens is 1. The van der Waals surface area contributed by atoms with Crippen molar-refractivity contribution in [2.45, 2.75) is 12.5 Å². The molecule has 0 fully saturated rings. The number of carbonyl (C=O) groups excluding carboxylic acids is 3. The van der Waals surface area contributed by atoms with Gasteiger partial charge in [0.25, 0.3) is 11.8 Å². The number of hydrogen-bond acceptors (Lipinski definition) is 5. The highest BCUT2D eigenvalue weighted by Crippen LogP contribution is 2.32. The molecular formula is C20H16ClN3O3S. The molecule has 3 rings (SSSR count). The van der Waals surface area contributed by atoms with Crippen LogP contribution >= 0.6 is 23.1 Å². The molecule has 0 unspecified atom stereocenters. The van der Waals surface area contributed by atoms with Crippen molar-refractivity contribution < 1.29 is 14.4 Å². The Hall–Kier alpha value is -3.03. The number of rotatable bonds is 7. The number of nitrogens with two attached hydrogens (primary N) is 1. The summed E-state index contributed by atoms with van der Waals surface area (Å²) in [6.07, 6.45) is 0.129. The molecule has 28 heavy (non-hydrogen) atoms. The maximum atomic E-state index is 12.9. The number of nitrogens with zero attached hydrogens (tertiary/aromatic N) is 1. The first-order valence-corrected chi connectivity index (χ1v) is 9.51. The Kier molecular flexibility index (Phi) is 6.18. The minimum atomic E-state index is -1.11. The van der Waals surface area contributed by atoms with Gasteiger partial charge in [0.2, 0.25) is 5.78 Å². The Morgan fingerprint density at radius 1 is 1.04 bits per heavy atom. The molecule has 6 nitrogen and oxygen atoms in total. The molecule has 3 aromatic rings. The van der Waals surface area contributed by atoms with Crippen molar-refractivity contribution >= 4 is 40.7 Å². The highest BCUT2D eigenvalue weighted by atomic mass is 35.5. The molecule has 8 heteroatoms. The summed E-state index contributed by atoms with van der Waals surface area (Å²) in [5, 5.41) is 2.63. The van der Waals surface area contributed by atoms with E-state index >= 15 is 0 Å². The Morgan fingerprint density at radius 3 is 2.25 bits per heavy atom. The van der Waals surface area contributed by atoms with Crippen molar-refractivity contribution in [2.24, 2.45) is 5.73 Å². The lowest BCUT2D eigenvalue weighted by Crippen LogP contribution is -2.47. The van der Waals surface area contributed by atoms with E-state index in [1.54, 1.807) is 24.3 Å². The standard InChI is InChI=1S/C20H16ClN3O3S/c21-18-15(17(28-24-18)13-9-5-2-6-10-13)20(27)23-14(16(25)19(22)26)11-12-7-3-1-4-8-12/h1-10,14H,11H2,(H2,22,26)(H,23,27)/t14-/m0/s1. The largest absolute Gasteiger partial charge is 0.363 e. The van der Waals surface area contributed by atoms with E-state index in [9.17, 15) is 14.4 Å². The van der Waals surface area contributed by atoms with Crippen LogP contribution in [0.15, 0.2) is 60.7 Å². The van der Waals surface area contributed by atoms with Gasteiger partial charge in [-0.25, -0.2) is 0 Å². The first kappa shape index (κ1) is 19.7. The molecule has 0 aliphatic heterocycles. The van der Waals surface area contributed by atoms with Crippen molar-refractivity contribution in [1.82, 2.24) is 9.69 Å². The van der Waals surface area contributed by atoms with Crippen molar-refractivity contribution in [1.29, 1.82) is 0 Å². The van der Waals surface area contributed by atoms with Gasteiger partial charge in [-0.2, -0.15) is 4.37 Å². The number of amides is 2. The van der Waals surface area contributed by atoms with Crippen molar-refractivity contribution in [2.75, 3.05) is 0 Å². The quantitative estimate of drug-likeness (QED) is 0.581. The molecule has 0 bridgehead atoms. The predicted octanol–water partition coefficient (Wildman–Crippen LogP) is 2.86. The monoisotopic (exact) mass is 413 g/mol. The lowest BCUT2D eigenvalue weighted by Gasteiger charge is -2.16. The van der Waals surface area contributed by atoms with Gasteiger partial charge in [0.15, 0.2) is 5.15 Å². The van der Waals surface area contributed by atoms with Gasteiger partial charge in [0.05, 0.1) is 10.4 Å². The fourth-order valence-electron chi connectivity index (χ4n) is 2.72. The number of nitrogens with one attached hydrogen (secondary N) is 1. The van der Waals surface area contributed by atoms with Gasteiger partial charge in [-0.05, 0) is 22.7 Å². The van der Waals surface area contributed by atoms with Crippen LogP contribution in [0.25, 0.3) is 10.4 Å². The summed E-state index contributed by atoms with van der Waals surface area (Å²) in [7, 11) is 0. The highest BCUT2D eigenvalue weighted by Gasteiger charge is 2.29. The molecule has 2 aromatic carbocycles. The molecule has 0 aliphatic rings. The summed E-state index contributed by atoms with van der Waals surface area (Å²) in [5.74, 6) is -2.58. The van der Waals surface area contributed by atoms with Gasteiger partial charge >= 0.3 is 0 Å². The van der Waals surface area contributed by atoms with E-state index in [1.807, 2.05) is 36.4 Å². The molecular weight excluding hydrogens is 398 g/mol. The molecule has 0 saturated carbocycles. The lowest BCUT2D eigenvalue weighted by molar-refractivity contribution is -0.137. The Bertz CT molecular complexity index is 1010. The van der Waals surface area contributed by atoms with Gasteiger partial charge in [0, 0.05) is 6.42 Å². The molecule has 0 aliphatic carbocycles. The van der Waals surface area contributed by atoms with Crippen molar-refractivity contribution in [3.63, 3.8) is 0 Å². The number of primary amides is 1. The van der Waals surface area contributed by atoms with E-state index in [2.05, 4.69) is 9.69 Å². The summed E-state index contributed by atoms with van der Waals surface area (Å²) in [6.45, 7) is 0. The third-order valence-electron chi connectivity index (χ3n) is 4.06. The molecule has 0 spiro atoms. The zero-order valence-corrected chi connectivity index (χ0v) is 16.2. The number of hydrogen-bond donors (Lipinski definition) is 2. The second-order valence-corrected chi connectivity index (χ2v) is 7.12. The molecule has 142 valence electrons. The Labute approximate surface area is 170 Å². The van der Waals surface area contributed by atoms with E-state index < -0.39 is 23.6 Å². The molecule has 3 N–H and O–H groups in total. The Balaban J connectivity index is 1.89. The fourth-order valence-corrected chi connectivity index (χ4v) is 3.84. The number of Topliss-reactive ketones (excluding diaryl/α,β-unsaturated/α-hetero) is 1. The Morgan fingerprint density at radius 2 is 1.64 bits per heavy atom. The van der Waals surface area contributed by atoms with Crippen LogP contribution in [0.1, 0.15) is 15.9 Å². The number of carbonyl (C=O) groups is 3. The van der Waals surface area contributed by atoms with Crippen LogP contribution in [-0.4, -0.2) is 28.0 Å². The normalized spacial score (nSPS) is 11.6. The summed E-state index contributed by atoms with van der Waals surface area (Å²) in [6, 6.07) is 17.1. The molecule has 1 heterocycles. The first-order valence-electron chi connectivity index (χ1n) is 8.36. The first-order chi connectivity index (χ1) is 13.5. The topological polar surface area (TPSA) is 102 Å². The molecule has 2 amide bonds. The fraction of sp³-hybridized carbons (Fsp3) is 0.100. The average Bonchev–Trinajstić information content (AvgIpc) is 3.10. The van der Waals surface area contributed by atoms with E-state index in [-0.39, 0.29) is 17.1 Å².